The lowest BCUT2D eigenvalue weighted by Gasteiger charge is -2.28. The predicted octanol–water partition coefficient (Wildman–Crippen LogP) is 1.84. The normalized spacial score (nSPS) is 16.2. The van der Waals surface area contributed by atoms with Crippen molar-refractivity contribution in [2.24, 2.45) is 0 Å². The highest BCUT2D eigenvalue weighted by Crippen LogP contribution is 2.36. The van der Waals surface area contributed by atoms with E-state index in [4.69, 9.17) is 24.9 Å². The summed E-state index contributed by atoms with van der Waals surface area (Å²) >= 11 is 0. The second kappa shape index (κ2) is 5.99. The Morgan fingerprint density at radius 2 is 1.77 bits per heavy atom. The van der Waals surface area contributed by atoms with Crippen molar-refractivity contribution in [3.8, 4) is 22.8 Å². The molecule has 0 radical (unpaired) electrons. The zero-order valence-corrected chi connectivity index (χ0v) is 14.0. The maximum atomic E-state index is 5.90. The molecule has 2 N–H and O–H groups in total. The summed E-state index contributed by atoms with van der Waals surface area (Å²) in [6.07, 6.45) is 0. The van der Waals surface area contributed by atoms with Gasteiger partial charge >= 0.3 is 0 Å². The first-order valence-corrected chi connectivity index (χ1v) is 8.45. The smallest absolute Gasteiger partial charge is 0.231 e. The van der Waals surface area contributed by atoms with Gasteiger partial charge < -0.3 is 24.8 Å². The highest BCUT2D eigenvalue weighted by atomic mass is 16.7. The van der Waals surface area contributed by atoms with Gasteiger partial charge in [-0.05, 0) is 30.3 Å². The summed E-state index contributed by atoms with van der Waals surface area (Å²) in [5.74, 6) is 2.47. The standard InChI is InChI=1S/C18H17N5O3/c19-18-21-13-3-2-12(11-1-4-14-15(9-11)26-10-25-14)20-16(13)17(22-18)23-5-7-24-8-6-23/h1-4,9H,5-8,10H2,(H2,19,21,22). The average molecular weight is 351 g/mol. The Balaban J connectivity index is 1.63. The minimum atomic E-state index is 0.247. The summed E-state index contributed by atoms with van der Waals surface area (Å²) in [5.41, 5.74) is 9.13. The molecule has 132 valence electrons. The number of ether oxygens (including phenoxy) is 3. The second-order valence-electron chi connectivity index (χ2n) is 6.14. The van der Waals surface area contributed by atoms with Crippen LogP contribution in [0.15, 0.2) is 30.3 Å². The number of rotatable bonds is 2. The summed E-state index contributed by atoms with van der Waals surface area (Å²) in [6, 6.07) is 9.64. The van der Waals surface area contributed by atoms with E-state index in [0.29, 0.717) is 13.2 Å². The molecule has 0 spiro atoms. The Labute approximate surface area is 149 Å². The van der Waals surface area contributed by atoms with Crippen molar-refractivity contribution in [1.82, 2.24) is 15.0 Å². The Hall–Kier alpha value is -3.13. The zero-order chi connectivity index (χ0) is 17.5. The van der Waals surface area contributed by atoms with Crippen LogP contribution in [-0.2, 0) is 4.74 Å². The van der Waals surface area contributed by atoms with Crippen molar-refractivity contribution in [3.05, 3.63) is 30.3 Å². The predicted molar refractivity (Wildman–Crippen MR) is 96.3 cm³/mol. The largest absolute Gasteiger partial charge is 0.454 e. The Morgan fingerprint density at radius 3 is 2.65 bits per heavy atom. The van der Waals surface area contributed by atoms with Crippen LogP contribution in [0.25, 0.3) is 22.3 Å². The fourth-order valence-corrected chi connectivity index (χ4v) is 3.23. The number of morpholine rings is 1. The van der Waals surface area contributed by atoms with Gasteiger partial charge in [0.25, 0.3) is 0 Å². The molecule has 1 fully saturated rings. The van der Waals surface area contributed by atoms with Crippen LogP contribution in [0, 0.1) is 0 Å². The van der Waals surface area contributed by atoms with Gasteiger partial charge in [0.1, 0.15) is 5.52 Å². The molecule has 8 heteroatoms. The zero-order valence-electron chi connectivity index (χ0n) is 14.0. The van der Waals surface area contributed by atoms with Crippen LogP contribution >= 0.6 is 0 Å². The minimum absolute atomic E-state index is 0.247. The number of benzene rings is 1. The molecule has 0 saturated carbocycles. The van der Waals surface area contributed by atoms with E-state index < -0.39 is 0 Å². The number of hydrogen-bond donors (Lipinski definition) is 1. The number of aromatic nitrogens is 3. The lowest BCUT2D eigenvalue weighted by atomic mass is 10.1. The van der Waals surface area contributed by atoms with Gasteiger partial charge in [0.15, 0.2) is 17.3 Å². The van der Waals surface area contributed by atoms with E-state index in [1.54, 1.807) is 0 Å². The molecule has 2 aliphatic rings. The van der Waals surface area contributed by atoms with Crippen LogP contribution in [0.1, 0.15) is 0 Å². The van der Waals surface area contributed by atoms with E-state index in [1.165, 1.54) is 0 Å². The molecule has 2 aliphatic heterocycles. The fraction of sp³-hybridized carbons (Fsp3) is 0.278. The Kier molecular flexibility index (Phi) is 3.49. The van der Waals surface area contributed by atoms with E-state index >= 15 is 0 Å². The van der Waals surface area contributed by atoms with Crippen molar-refractivity contribution in [2.75, 3.05) is 43.7 Å². The molecule has 3 aromatic rings. The molecule has 0 unspecified atom stereocenters. The van der Waals surface area contributed by atoms with Gasteiger partial charge in [0.05, 0.1) is 24.4 Å². The van der Waals surface area contributed by atoms with Crippen molar-refractivity contribution < 1.29 is 14.2 Å². The van der Waals surface area contributed by atoms with Crippen molar-refractivity contribution >= 4 is 22.8 Å². The highest BCUT2D eigenvalue weighted by Gasteiger charge is 2.19. The van der Waals surface area contributed by atoms with Crippen LogP contribution in [0.4, 0.5) is 11.8 Å². The highest BCUT2D eigenvalue weighted by molar-refractivity contribution is 5.88. The Morgan fingerprint density at radius 1 is 0.923 bits per heavy atom. The van der Waals surface area contributed by atoms with E-state index in [1.807, 2.05) is 30.3 Å². The van der Waals surface area contributed by atoms with E-state index in [2.05, 4.69) is 14.9 Å². The minimum Gasteiger partial charge on any atom is -0.454 e. The maximum absolute atomic E-state index is 5.90. The van der Waals surface area contributed by atoms with Gasteiger partial charge in [-0.25, -0.2) is 9.97 Å². The first-order chi connectivity index (χ1) is 12.8. The second-order valence-corrected chi connectivity index (χ2v) is 6.14. The molecule has 2 aromatic heterocycles. The van der Waals surface area contributed by atoms with Crippen molar-refractivity contribution in [2.45, 2.75) is 0 Å². The third-order valence-electron chi connectivity index (χ3n) is 4.52. The Bertz CT molecular complexity index is 988. The SMILES string of the molecule is Nc1nc(N2CCOCC2)c2nc(-c3ccc4c(c3)OCO4)ccc2n1. The van der Waals surface area contributed by atoms with Crippen LogP contribution in [0.5, 0.6) is 11.5 Å². The lowest BCUT2D eigenvalue weighted by molar-refractivity contribution is 0.122. The van der Waals surface area contributed by atoms with Crippen molar-refractivity contribution in [1.29, 1.82) is 0 Å². The van der Waals surface area contributed by atoms with Crippen LogP contribution in [-0.4, -0.2) is 48.0 Å². The summed E-state index contributed by atoms with van der Waals surface area (Å²) in [5, 5.41) is 0. The quantitative estimate of drug-likeness (QED) is 0.747. The first kappa shape index (κ1) is 15.2. The lowest BCUT2D eigenvalue weighted by Crippen LogP contribution is -2.37. The summed E-state index contributed by atoms with van der Waals surface area (Å²) < 4.78 is 16.3. The molecule has 0 amide bonds. The number of nitrogen functional groups attached to an aromatic ring is 1. The fourth-order valence-electron chi connectivity index (χ4n) is 3.23. The molecule has 5 rings (SSSR count). The maximum Gasteiger partial charge on any atom is 0.231 e. The van der Waals surface area contributed by atoms with Gasteiger partial charge in [-0.3, -0.25) is 0 Å². The topological polar surface area (TPSA) is 95.6 Å². The number of pyridine rings is 1. The van der Waals surface area contributed by atoms with Crippen LogP contribution in [0.3, 0.4) is 0 Å². The monoisotopic (exact) mass is 351 g/mol. The molecular formula is C18H17N5O3. The number of fused-ring (bicyclic) bond motifs is 2. The molecule has 0 aliphatic carbocycles. The van der Waals surface area contributed by atoms with E-state index in [9.17, 15) is 0 Å². The summed E-state index contributed by atoms with van der Waals surface area (Å²) in [6.45, 7) is 3.07. The molecular weight excluding hydrogens is 334 g/mol. The molecule has 1 saturated heterocycles. The third-order valence-corrected chi connectivity index (χ3v) is 4.52. The van der Waals surface area contributed by atoms with Gasteiger partial charge in [-0.2, -0.15) is 4.98 Å². The molecule has 0 atom stereocenters. The van der Waals surface area contributed by atoms with E-state index in [0.717, 1.165) is 52.7 Å². The number of anilines is 2. The average Bonchev–Trinajstić information content (AvgIpc) is 3.15. The number of nitrogens with zero attached hydrogens (tertiary/aromatic N) is 4. The molecule has 1 aromatic carbocycles. The molecule has 26 heavy (non-hydrogen) atoms. The molecule has 8 nitrogen and oxygen atoms in total. The number of hydrogen-bond acceptors (Lipinski definition) is 8. The van der Waals surface area contributed by atoms with Gasteiger partial charge in [-0.1, -0.05) is 0 Å². The third kappa shape index (κ3) is 2.55. The van der Waals surface area contributed by atoms with Crippen LogP contribution in [0.2, 0.25) is 0 Å². The van der Waals surface area contributed by atoms with Gasteiger partial charge in [0.2, 0.25) is 12.7 Å². The molecule has 4 heterocycles. The first-order valence-electron chi connectivity index (χ1n) is 8.45. The van der Waals surface area contributed by atoms with Gasteiger partial charge in [0, 0.05) is 18.7 Å². The van der Waals surface area contributed by atoms with E-state index in [-0.39, 0.29) is 12.7 Å². The summed E-state index contributed by atoms with van der Waals surface area (Å²) in [7, 11) is 0. The van der Waals surface area contributed by atoms with Crippen molar-refractivity contribution in [3.63, 3.8) is 0 Å². The molecule has 0 bridgehead atoms. The number of nitrogens with two attached hydrogens (primary N) is 1. The summed E-state index contributed by atoms with van der Waals surface area (Å²) in [4.78, 5) is 15.7. The van der Waals surface area contributed by atoms with Crippen LogP contribution < -0.4 is 20.1 Å². The van der Waals surface area contributed by atoms with Gasteiger partial charge in [-0.15, -0.1) is 0 Å².